The maximum Gasteiger partial charge on any atom is 0.249 e. The average Bonchev–Trinajstić information content (AvgIpc) is 2.90. The molecule has 2 rings (SSSR count). The monoisotopic (exact) mass is 294 g/mol. The van der Waals surface area contributed by atoms with Crippen LogP contribution in [0, 0.1) is 5.92 Å². The maximum atomic E-state index is 13.1. The van der Waals surface area contributed by atoms with Crippen molar-refractivity contribution in [3.63, 3.8) is 0 Å². The topological polar surface area (TPSA) is 49.4 Å². The van der Waals surface area contributed by atoms with E-state index in [9.17, 15) is 9.59 Å². The number of piperazine rings is 1. The smallest absolute Gasteiger partial charge is 0.249 e. The molecule has 1 atom stereocenters. The number of amides is 2. The Morgan fingerprint density at radius 3 is 2.38 bits per heavy atom. The molecule has 2 fully saturated rings. The first-order chi connectivity index (χ1) is 9.85. The Morgan fingerprint density at radius 1 is 1.24 bits per heavy atom. The molecule has 1 aliphatic carbocycles. The van der Waals surface area contributed by atoms with E-state index in [1.165, 1.54) is 0 Å². The van der Waals surface area contributed by atoms with E-state index in [1.54, 1.807) is 0 Å². The molecule has 1 saturated heterocycles. The highest BCUT2D eigenvalue weighted by atomic mass is 16.2. The van der Waals surface area contributed by atoms with Crippen LogP contribution in [-0.4, -0.2) is 34.3 Å². The predicted octanol–water partition coefficient (Wildman–Crippen LogP) is 2.86. The minimum absolute atomic E-state index is 0.0380. The van der Waals surface area contributed by atoms with E-state index in [-0.39, 0.29) is 11.8 Å². The molecule has 2 aliphatic rings. The Labute approximate surface area is 128 Å². The van der Waals surface area contributed by atoms with E-state index in [0.29, 0.717) is 18.9 Å². The van der Waals surface area contributed by atoms with Crippen molar-refractivity contribution in [1.29, 1.82) is 0 Å². The number of rotatable bonds is 5. The summed E-state index contributed by atoms with van der Waals surface area (Å²) in [6.07, 6.45) is 6.42. The van der Waals surface area contributed by atoms with Gasteiger partial charge < -0.3 is 10.2 Å². The van der Waals surface area contributed by atoms with Crippen molar-refractivity contribution in [2.45, 2.75) is 83.7 Å². The van der Waals surface area contributed by atoms with Crippen LogP contribution in [0.15, 0.2) is 0 Å². The summed E-state index contributed by atoms with van der Waals surface area (Å²) in [6.45, 7) is 9.01. The average molecular weight is 294 g/mol. The van der Waals surface area contributed by atoms with Crippen LogP contribution in [0.3, 0.4) is 0 Å². The number of hydrogen-bond acceptors (Lipinski definition) is 2. The molecule has 0 aromatic heterocycles. The van der Waals surface area contributed by atoms with Gasteiger partial charge in [0.2, 0.25) is 11.8 Å². The van der Waals surface area contributed by atoms with Crippen LogP contribution in [0.25, 0.3) is 0 Å². The first-order valence-corrected chi connectivity index (χ1v) is 8.50. The van der Waals surface area contributed by atoms with Gasteiger partial charge in [-0.25, -0.2) is 0 Å². The first kappa shape index (κ1) is 16.3. The lowest BCUT2D eigenvalue weighted by Crippen LogP contribution is -2.74. The fourth-order valence-corrected chi connectivity index (χ4v) is 3.69. The van der Waals surface area contributed by atoms with Crippen LogP contribution in [-0.2, 0) is 9.59 Å². The van der Waals surface area contributed by atoms with E-state index < -0.39 is 11.1 Å². The maximum absolute atomic E-state index is 13.1. The molecule has 0 aromatic rings. The molecule has 0 bridgehead atoms. The Bertz CT molecular complexity index is 413. The van der Waals surface area contributed by atoms with Gasteiger partial charge in [-0.15, -0.1) is 0 Å². The van der Waals surface area contributed by atoms with Crippen LogP contribution in [0.1, 0.15) is 72.6 Å². The lowest BCUT2D eigenvalue weighted by atomic mass is 9.83. The Kier molecular flexibility index (Phi) is 4.64. The Balaban J connectivity index is 2.21. The number of hydrogen-bond donors (Lipinski definition) is 1. The summed E-state index contributed by atoms with van der Waals surface area (Å²) in [7, 11) is 0. The van der Waals surface area contributed by atoms with Gasteiger partial charge in [-0.1, -0.05) is 33.6 Å². The van der Waals surface area contributed by atoms with E-state index in [1.807, 2.05) is 18.7 Å². The molecule has 4 nitrogen and oxygen atoms in total. The lowest BCUT2D eigenvalue weighted by molar-refractivity contribution is -0.162. The van der Waals surface area contributed by atoms with E-state index >= 15 is 0 Å². The van der Waals surface area contributed by atoms with Gasteiger partial charge in [-0.05, 0) is 44.9 Å². The number of nitrogens with zero attached hydrogens (tertiary/aromatic N) is 1. The van der Waals surface area contributed by atoms with Crippen LogP contribution < -0.4 is 5.32 Å². The van der Waals surface area contributed by atoms with Crippen molar-refractivity contribution >= 4 is 11.8 Å². The standard InChI is InChI=1S/C17H30N2O2/c1-5-16(4)14(20)18-17(10-6-7-11-17)15(21)19(16)12-8-9-13(2)3/h13H,5-12H2,1-4H3,(H,18,20). The van der Waals surface area contributed by atoms with Crippen molar-refractivity contribution < 1.29 is 9.59 Å². The molecule has 2 amide bonds. The van der Waals surface area contributed by atoms with Gasteiger partial charge in [-0.2, -0.15) is 0 Å². The van der Waals surface area contributed by atoms with E-state index in [0.717, 1.165) is 38.5 Å². The number of carbonyl (C=O) groups excluding carboxylic acids is 2. The summed E-state index contributed by atoms with van der Waals surface area (Å²) in [4.78, 5) is 27.6. The number of carbonyl (C=O) groups is 2. The van der Waals surface area contributed by atoms with Gasteiger partial charge in [-0.3, -0.25) is 9.59 Å². The van der Waals surface area contributed by atoms with Gasteiger partial charge >= 0.3 is 0 Å². The van der Waals surface area contributed by atoms with E-state index in [4.69, 9.17) is 0 Å². The fourth-order valence-electron chi connectivity index (χ4n) is 3.69. The summed E-state index contributed by atoms with van der Waals surface area (Å²) in [5, 5.41) is 3.08. The molecule has 0 aromatic carbocycles. The molecule has 21 heavy (non-hydrogen) atoms. The summed E-state index contributed by atoms with van der Waals surface area (Å²) < 4.78 is 0. The lowest BCUT2D eigenvalue weighted by Gasteiger charge is -2.50. The third-order valence-electron chi connectivity index (χ3n) is 5.40. The normalized spacial score (nSPS) is 28.5. The molecule has 4 heteroatoms. The van der Waals surface area contributed by atoms with Crippen molar-refractivity contribution in [3.05, 3.63) is 0 Å². The van der Waals surface area contributed by atoms with Gasteiger partial charge in [0, 0.05) is 6.54 Å². The van der Waals surface area contributed by atoms with Crippen LogP contribution >= 0.6 is 0 Å². The zero-order valence-electron chi connectivity index (χ0n) is 14.0. The van der Waals surface area contributed by atoms with Crippen molar-refractivity contribution in [2.24, 2.45) is 5.92 Å². The van der Waals surface area contributed by atoms with E-state index in [2.05, 4.69) is 19.2 Å². The number of nitrogens with one attached hydrogen (secondary N) is 1. The minimum atomic E-state index is -0.679. The molecule has 1 spiro atoms. The highest BCUT2D eigenvalue weighted by Gasteiger charge is 2.56. The molecule has 1 N–H and O–H groups in total. The third-order valence-corrected chi connectivity index (χ3v) is 5.40. The molecule has 1 aliphatic heterocycles. The zero-order valence-corrected chi connectivity index (χ0v) is 14.0. The van der Waals surface area contributed by atoms with Crippen molar-refractivity contribution in [3.8, 4) is 0 Å². The first-order valence-electron chi connectivity index (χ1n) is 8.50. The largest absolute Gasteiger partial charge is 0.340 e. The third kappa shape index (κ3) is 2.82. The SMILES string of the molecule is CCC1(C)C(=O)NC2(CCCC2)C(=O)N1CCCC(C)C. The summed E-state index contributed by atoms with van der Waals surface area (Å²) in [5.41, 5.74) is -1.27. The quantitative estimate of drug-likeness (QED) is 0.847. The van der Waals surface area contributed by atoms with Crippen molar-refractivity contribution in [2.75, 3.05) is 6.54 Å². The van der Waals surface area contributed by atoms with Gasteiger partial charge in [0.1, 0.15) is 11.1 Å². The van der Waals surface area contributed by atoms with Gasteiger partial charge in [0.25, 0.3) is 0 Å². The zero-order chi connectivity index (χ0) is 15.7. The van der Waals surface area contributed by atoms with Gasteiger partial charge in [0.15, 0.2) is 0 Å². The highest BCUT2D eigenvalue weighted by molar-refractivity contribution is 6.02. The molecular formula is C17H30N2O2. The summed E-state index contributed by atoms with van der Waals surface area (Å²) in [6, 6.07) is 0. The molecule has 1 saturated carbocycles. The second-order valence-electron chi connectivity index (χ2n) is 7.36. The second kappa shape index (κ2) is 5.98. The van der Waals surface area contributed by atoms with Gasteiger partial charge in [0.05, 0.1) is 0 Å². The van der Waals surface area contributed by atoms with Crippen LogP contribution in [0.5, 0.6) is 0 Å². The molecule has 1 unspecified atom stereocenters. The van der Waals surface area contributed by atoms with Crippen LogP contribution in [0.4, 0.5) is 0 Å². The fraction of sp³-hybridized carbons (Fsp3) is 0.882. The highest BCUT2D eigenvalue weighted by Crippen LogP contribution is 2.38. The minimum Gasteiger partial charge on any atom is -0.340 e. The molecule has 1 heterocycles. The Morgan fingerprint density at radius 2 is 1.86 bits per heavy atom. The summed E-state index contributed by atoms with van der Waals surface area (Å²) >= 11 is 0. The van der Waals surface area contributed by atoms with Crippen molar-refractivity contribution in [1.82, 2.24) is 10.2 Å². The second-order valence-corrected chi connectivity index (χ2v) is 7.36. The predicted molar refractivity (Wildman–Crippen MR) is 83.8 cm³/mol. The summed E-state index contributed by atoms with van der Waals surface area (Å²) in [5.74, 6) is 0.829. The Hall–Kier alpha value is -1.06. The molecular weight excluding hydrogens is 264 g/mol. The molecule has 0 radical (unpaired) electrons. The van der Waals surface area contributed by atoms with Crippen LogP contribution in [0.2, 0.25) is 0 Å². The molecule has 120 valence electrons.